The second kappa shape index (κ2) is 4.99. The predicted octanol–water partition coefficient (Wildman–Crippen LogP) is 0.986. The summed E-state index contributed by atoms with van der Waals surface area (Å²) in [6.45, 7) is 1.59. The molecular formula is C9H12N2O2. The van der Waals surface area contributed by atoms with Crippen molar-refractivity contribution in [1.29, 1.82) is 5.26 Å². The molecule has 0 aliphatic rings. The maximum absolute atomic E-state index is 10.5. The van der Waals surface area contributed by atoms with Crippen molar-refractivity contribution in [3.63, 3.8) is 0 Å². The molecule has 0 aliphatic carbocycles. The fourth-order valence-corrected chi connectivity index (χ4v) is 0.649. The number of carboxylic acid groups (broad SMARTS) is 1. The average molecular weight is 180 g/mol. The van der Waals surface area contributed by atoms with Crippen LogP contribution < -0.4 is 0 Å². The Labute approximate surface area is 77.4 Å². The zero-order chi connectivity index (χ0) is 10.4. The second-order valence-corrected chi connectivity index (χ2v) is 2.75. The number of nitrogens with zero attached hydrogens (tertiary/aromatic N) is 2. The van der Waals surface area contributed by atoms with Gasteiger partial charge in [-0.1, -0.05) is 0 Å². The van der Waals surface area contributed by atoms with Gasteiger partial charge >= 0.3 is 5.97 Å². The molecule has 0 saturated heterocycles. The van der Waals surface area contributed by atoms with Crippen LogP contribution >= 0.6 is 0 Å². The summed E-state index contributed by atoms with van der Waals surface area (Å²) >= 11 is 0. The summed E-state index contributed by atoms with van der Waals surface area (Å²) in [6, 6.07) is 1.64. The lowest BCUT2D eigenvalue weighted by molar-refractivity contribution is -0.132. The van der Waals surface area contributed by atoms with Gasteiger partial charge in [0.1, 0.15) is 11.6 Å². The Morgan fingerprint density at radius 2 is 2.08 bits per heavy atom. The molecule has 4 nitrogen and oxygen atoms in total. The average Bonchev–Trinajstić information content (AvgIpc) is 2.01. The van der Waals surface area contributed by atoms with E-state index in [1.165, 1.54) is 0 Å². The zero-order valence-electron chi connectivity index (χ0n) is 7.90. The number of allylic oxidation sites excluding steroid dienone is 2. The van der Waals surface area contributed by atoms with E-state index in [1.54, 1.807) is 30.2 Å². The SMILES string of the molecule is CC(C=CN(C)C)=C(C#N)C(=O)O. The van der Waals surface area contributed by atoms with Crippen LogP contribution in [-0.4, -0.2) is 30.1 Å². The molecule has 0 fully saturated rings. The fourth-order valence-electron chi connectivity index (χ4n) is 0.649. The molecule has 0 aromatic heterocycles. The third-order valence-electron chi connectivity index (χ3n) is 1.34. The van der Waals surface area contributed by atoms with Crippen LogP contribution in [0, 0.1) is 11.3 Å². The summed E-state index contributed by atoms with van der Waals surface area (Å²) in [6.07, 6.45) is 3.28. The molecule has 0 bridgehead atoms. The highest BCUT2D eigenvalue weighted by atomic mass is 16.4. The van der Waals surface area contributed by atoms with Gasteiger partial charge in [-0.2, -0.15) is 5.26 Å². The van der Waals surface area contributed by atoms with Crippen LogP contribution in [0.2, 0.25) is 0 Å². The van der Waals surface area contributed by atoms with Gasteiger partial charge in [-0.15, -0.1) is 0 Å². The maximum Gasteiger partial charge on any atom is 0.346 e. The molecule has 0 aromatic carbocycles. The van der Waals surface area contributed by atoms with E-state index >= 15 is 0 Å². The number of aliphatic carboxylic acids is 1. The first-order valence-electron chi connectivity index (χ1n) is 3.68. The number of carbonyl (C=O) groups is 1. The van der Waals surface area contributed by atoms with Crippen molar-refractivity contribution in [3.05, 3.63) is 23.4 Å². The molecule has 0 spiro atoms. The lowest BCUT2D eigenvalue weighted by Gasteiger charge is -2.03. The lowest BCUT2D eigenvalue weighted by Crippen LogP contribution is -2.03. The van der Waals surface area contributed by atoms with E-state index in [1.807, 2.05) is 14.1 Å². The van der Waals surface area contributed by atoms with Crippen molar-refractivity contribution in [3.8, 4) is 6.07 Å². The molecule has 1 N–H and O–H groups in total. The van der Waals surface area contributed by atoms with Gasteiger partial charge < -0.3 is 10.0 Å². The van der Waals surface area contributed by atoms with Gasteiger partial charge in [0, 0.05) is 14.1 Å². The van der Waals surface area contributed by atoms with E-state index in [0.29, 0.717) is 5.57 Å². The molecule has 13 heavy (non-hydrogen) atoms. The van der Waals surface area contributed by atoms with Crippen molar-refractivity contribution < 1.29 is 9.90 Å². The van der Waals surface area contributed by atoms with Crippen molar-refractivity contribution in [2.75, 3.05) is 14.1 Å². The van der Waals surface area contributed by atoms with Gasteiger partial charge in [0.05, 0.1) is 0 Å². The molecule has 0 aliphatic heterocycles. The normalized spacial score (nSPS) is 12.2. The first-order chi connectivity index (χ1) is 5.99. The molecule has 4 heteroatoms. The van der Waals surface area contributed by atoms with Crippen LogP contribution in [0.5, 0.6) is 0 Å². The van der Waals surface area contributed by atoms with Crippen molar-refractivity contribution >= 4 is 5.97 Å². The third kappa shape index (κ3) is 3.97. The lowest BCUT2D eigenvalue weighted by atomic mass is 10.1. The van der Waals surface area contributed by atoms with Gasteiger partial charge in [-0.3, -0.25) is 0 Å². The van der Waals surface area contributed by atoms with Crippen LogP contribution in [0.25, 0.3) is 0 Å². The maximum atomic E-state index is 10.5. The van der Waals surface area contributed by atoms with Crippen molar-refractivity contribution in [2.24, 2.45) is 0 Å². The fraction of sp³-hybridized carbons (Fsp3) is 0.333. The van der Waals surface area contributed by atoms with Crippen LogP contribution in [-0.2, 0) is 4.79 Å². The van der Waals surface area contributed by atoms with Gasteiger partial charge in [-0.05, 0) is 24.8 Å². The Bertz CT molecular complexity index is 295. The summed E-state index contributed by atoms with van der Waals surface area (Å²) in [5.74, 6) is -1.19. The standard InChI is InChI=1S/C9H12N2O2/c1-7(4-5-11(2)3)8(6-10)9(12)13/h4-5H,1-3H3,(H,12,13). The van der Waals surface area contributed by atoms with E-state index in [0.717, 1.165) is 0 Å². The van der Waals surface area contributed by atoms with E-state index in [-0.39, 0.29) is 5.57 Å². The number of nitriles is 1. The summed E-state index contributed by atoms with van der Waals surface area (Å²) in [7, 11) is 3.63. The summed E-state index contributed by atoms with van der Waals surface area (Å²) in [4.78, 5) is 12.3. The molecule has 0 radical (unpaired) electrons. The second-order valence-electron chi connectivity index (χ2n) is 2.75. The van der Waals surface area contributed by atoms with E-state index in [2.05, 4.69) is 0 Å². The highest BCUT2D eigenvalue weighted by Gasteiger charge is 2.07. The number of hydrogen-bond acceptors (Lipinski definition) is 3. The molecule has 0 aromatic rings. The number of carboxylic acids is 1. The van der Waals surface area contributed by atoms with E-state index in [9.17, 15) is 4.79 Å². The third-order valence-corrected chi connectivity index (χ3v) is 1.34. The van der Waals surface area contributed by atoms with Crippen molar-refractivity contribution in [1.82, 2.24) is 4.90 Å². The Morgan fingerprint density at radius 3 is 2.38 bits per heavy atom. The molecular weight excluding hydrogens is 168 g/mol. The van der Waals surface area contributed by atoms with E-state index in [4.69, 9.17) is 10.4 Å². The Kier molecular flexibility index (Phi) is 4.31. The van der Waals surface area contributed by atoms with Crippen molar-refractivity contribution in [2.45, 2.75) is 6.92 Å². The highest BCUT2D eigenvalue weighted by molar-refractivity contribution is 5.92. The highest BCUT2D eigenvalue weighted by Crippen LogP contribution is 2.04. The smallest absolute Gasteiger partial charge is 0.346 e. The quantitative estimate of drug-likeness (QED) is 0.399. The Balaban J connectivity index is 4.80. The van der Waals surface area contributed by atoms with Crippen LogP contribution in [0.3, 0.4) is 0 Å². The largest absolute Gasteiger partial charge is 0.477 e. The summed E-state index contributed by atoms with van der Waals surface area (Å²) in [5.41, 5.74) is 0.224. The molecule has 0 unspecified atom stereocenters. The number of hydrogen-bond donors (Lipinski definition) is 1. The van der Waals surface area contributed by atoms with Gasteiger partial charge in [0.25, 0.3) is 0 Å². The Hall–Kier alpha value is -1.76. The van der Waals surface area contributed by atoms with Crippen LogP contribution in [0.4, 0.5) is 0 Å². The first kappa shape index (κ1) is 11.2. The minimum Gasteiger partial charge on any atom is -0.477 e. The Morgan fingerprint density at radius 1 is 1.54 bits per heavy atom. The molecule has 0 heterocycles. The van der Waals surface area contributed by atoms with Crippen LogP contribution in [0.1, 0.15) is 6.92 Å². The summed E-state index contributed by atoms with van der Waals surface area (Å²) < 4.78 is 0. The molecule has 0 amide bonds. The minimum absolute atomic E-state index is 0.224. The molecule has 0 atom stereocenters. The number of rotatable bonds is 3. The molecule has 70 valence electrons. The van der Waals surface area contributed by atoms with Crippen LogP contribution in [0.15, 0.2) is 23.4 Å². The van der Waals surface area contributed by atoms with E-state index < -0.39 is 5.97 Å². The molecule has 0 saturated carbocycles. The minimum atomic E-state index is -1.19. The summed E-state index contributed by atoms with van der Waals surface area (Å²) in [5, 5.41) is 17.1. The topological polar surface area (TPSA) is 64.3 Å². The first-order valence-corrected chi connectivity index (χ1v) is 3.68. The van der Waals surface area contributed by atoms with Gasteiger partial charge in [-0.25, -0.2) is 4.79 Å². The molecule has 0 rings (SSSR count). The predicted molar refractivity (Wildman–Crippen MR) is 48.8 cm³/mol. The zero-order valence-corrected chi connectivity index (χ0v) is 7.90. The van der Waals surface area contributed by atoms with Gasteiger partial charge in [0.2, 0.25) is 0 Å². The van der Waals surface area contributed by atoms with Gasteiger partial charge in [0.15, 0.2) is 0 Å². The monoisotopic (exact) mass is 180 g/mol.